The van der Waals surface area contributed by atoms with Gasteiger partial charge in [0, 0.05) is 33.2 Å². The van der Waals surface area contributed by atoms with Crippen molar-refractivity contribution in [3.05, 3.63) is 83.5 Å². The van der Waals surface area contributed by atoms with E-state index in [1.54, 1.807) is 0 Å². The molecule has 0 aromatic heterocycles. The normalized spacial score (nSPS) is 14.1. The summed E-state index contributed by atoms with van der Waals surface area (Å²) in [7, 11) is 0. The van der Waals surface area contributed by atoms with E-state index in [1.807, 2.05) is 36.4 Å². The van der Waals surface area contributed by atoms with Gasteiger partial charge in [-0.3, -0.25) is 0 Å². The Kier molecular flexibility index (Phi) is 2.89. The fourth-order valence-corrected chi connectivity index (χ4v) is 5.42. The van der Waals surface area contributed by atoms with Crippen molar-refractivity contribution in [1.82, 2.24) is 9.97 Å². The van der Waals surface area contributed by atoms with Crippen molar-refractivity contribution in [2.24, 2.45) is 0 Å². The molecule has 2 aromatic carbocycles. The van der Waals surface area contributed by atoms with Gasteiger partial charge >= 0.3 is 0 Å². The molecule has 6 aliphatic rings. The average molecular weight is 426 g/mol. The third-order valence-electron chi connectivity index (χ3n) is 7.01. The summed E-state index contributed by atoms with van der Waals surface area (Å²) in [5.74, 6) is 0. The van der Waals surface area contributed by atoms with Crippen molar-refractivity contribution in [3.63, 3.8) is 0 Å². The Morgan fingerprint density at radius 1 is 0.545 bits per heavy atom. The molecule has 4 N–H and O–H groups in total. The highest BCUT2D eigenvalue weighted by atomic mass is 15.4. The van der Waals surface area contributed by atoms with E-state index in [0.717, 1.165) is 51.0 Å². The van der Waals surface area contributed by atoms with Gasteiger partial charge in [0.15, 0.2) is 0 Å². The molecule has 0 saturated heterocycles. The third-order valence-corrected chi connectivity index (χ3v) is 7.01. The second-order valence-corrected chi connectivity index (χ2v) is 9.00. The predicted octanol–water partition coefficient (Wildman–Crippen LogP) is 5.38. The molecule has 6 heteroatoms. The lowest BCUT2D eigenvalue weighted by molar-refractivity contribution is 1.06. The first-order chi connectivity index (χ1) is 16.1. The number of hydrogen-bond donors (Lipinski definition) is 4. The van der Waals surface area contributed by atoms with Gasteiger partial charge in [-0.2, -0.15) is 0 Å². The molecule has 6 nitrogen and oxygen atoms in total. The van der Waals surface area contributed by atoms with Crippen LogP contribution >= 0.6 is 0 Å². The largest absolute Gasteiger partial charge is 0.354 e. The summed E-state index contributed by atoms with van der Waals surface area (Å²) in [6.07, 6.45) is 0. The van der Waals surface area contributed by atoms with E-state index in [4.69, 9.17) is 10.8 Å². The Hall–Kier alpha value is -4.58. The number of hydrogen-bond acceptors (Lipinski definition) is 4. The lowest BCUT2D eigenvalue weighted by Gasteiger charge is -2.24. The second kappa shape index (κ2) is 5.61. The van der Waals surface area contributed by atoms with E-state index < -0.39 is 0 Å². The molecular weight excluding hydrogens is 408 g/mol. The molecule has 8 rings (SSSR count). The maximum atomic E-state index is 7.94. The minimum absolute atomic E-state index is 0.511. The van der Waals surface area contributed by atoms with E-state index in [1.165, 1.54) is 22.7 Å². The summed E-state index contributed by atoms with van der Waals surface area (Å²) in [5.41, 5.74) is 11.2. The lowest BCUT2D eigenvalue weighted by Crippen LogP contribution is -2.13. The van der Waals surface area contributed by atoms with Crippen LogP contribution in [0.3, 0.4) is 0 Å². The summed E-state index contributed by atoms with van der Waals surface area (Å²) >= 11 is 0. The smallest absolute Gasteiger partial charge is 0.100 e. The second-order valence-electron chi connectivity index (χ2n) is 9.00. The van der Waals surface area contributed by atoms with Crippen molar-refractivity contribution in [3.8, 4) is 22.5 Å². The Labute approximate surface area is 188 Å². The van der Waals surface area contributed by atoms with Gasteiger partial charge in [-0.15, -0.1) is 0 Å². The molecule has 2 aromatic rings. The van der Waals surface area contributed by atoms with Crippen LogP contribution in [0, 0.1) is 10.8 Å². The van der Waals surface area contributed by atoms with Crippen LogP contribution in [0.25, 0.3) is 44.3 Å². The lowest BCUT2D eigenvalue weighted by atomic mass is 10.0. The molecule has 33 heavy (non-hydrogen) atoms. The van der Waals surface area contributed by atoms with Gasteiger partial charge in [0.1, 0.15) is 6.67 Å². The van der Waals surface area contributed by atoms with Crippen molar-refractivity contribution in [1.29, 1.82) is 10.8 Å². The highest BCUT2D eigenvalue weighted by Crippen LogP contribution is 2.56. The molecule has 0 fully saturated rings. The first kappa shape index (κ1) is 17.0. The summed E-state index contributed by atoms with van der Waals surface area (Å²) < 4.78 is 0. The van der Waals surface area contributed by atoms with Crippen LogP contribution in [0.4, 0.5) is 22.7 Å². The zero-order valence-corrected chi connectivity index (χ0v) is 17.5. The number of aromatic nitrogens is 2. The van der Waals surface area contributed by atoms with E-state index >= 15 is 0 Å². The fraction of sp³-hybridized carbons (Fsp3) is 0.0370. The van der Waals surface area contributed by atoms with E-state index in [2.05, 4.69) is 56.2 Å². The number of nitrogens with zero attached hydrogens (tertiary/aromatic N) is 2. The molecule has 0 radical (unpaired) electrons. The molecule has 156 valence electrons. The average Bonchev–Trinajstić information content (AvgIpc) is 3.35. The molecule has 0 unspecified atom stereocenters. The number of H-pyrrole nitrogens is 2. The van der Waals surface area contributed by atoms with Crippen LogP contribution in [-0.4, -0.2) is 16.6 Å². The van der Waals surface area contributed by atoms with Crippen LogP contribution in [0.15, 0.2) is 72.8 Å². The highest BCUT2D eigenvalue weighted by Gasteiger charge is 2.38. The van der Waals surface area contributed by atoms with Crippen molar-refractivity contribution in [2.75, 3.05) is 16.5 Å². The Morgan fingerprint density at radius 3 is 1.48 bits per heavy atom. The summed E-state index contributed by atoms with van der Waals surface area (Å²) in [5, 5.41) is 19.2. The molecule has 0 spiro atoms. The molecule has 0 amide bonds. The highest BCUT2D eigenvalue weighted by molar-refractivity contribution is 6.07. The van der Waals surface area contributed by atoms with Crippen LogP contribution in [0.5, 0.6) is 0 Å². The fourth-order valence-electron chi connectivity index (χ4n) is 5.42. The minimum atomic E-state index is 0.511. The van der Waals surface area contributed by atoms with Gasteiger partial charge in [-0.1, -0.05) is 12.1 Å². The Bertz CT molecular complexity index is 1720. The van der Waals surface area contributed by atoms with Gasteiger partial charge in [0.2, 0.25) is 0 Å². The number of pyridine rings is 2. The van der Waals surface area contributed by atoms with E-state index in [0.29, 0.717) is 10.7 Å². The number of nitrogens with one attached hydrogen (secondary N) is 4. The summed E-state index contributed by atoms with van der Waals surface area (Å²) in [6, 6.07) is 24.8. The first-order valence-electron chi connectivity index (χ1n) is 11.0. The van der Waals surface area contributed by atoms with Crippen molar-refractivity contribution in [2.45, 2.75) is 0 Å². The molecule has 4 aliphatic heterocycles. The molecular formula is C27H18N6. The molecule has 2 aliphatic carbocycles. The topological polar surface area (TPSA) is 85.8 Å². The van der Waals surface area contributed by atoms with Gasteiger partial charge in [0.05, 0.1) is 33.5 Å². The van der Waals surface area contributed by atoms with Crippen LogP contribution in [0.1, 0.15) is 0 Å². The monoisotopic (exact) mass is 426 g/mol. The molecule has 4 heterocycles. The molecule has 0 saturated carbocycles. The zero-order valence-electron chi connectivity index (χ0n) is 17.5. The molecule has 2 bridgehead atoms. The maximum Gasteiger partial charge on any atom is 0.100 e. The van der Waals surface area contributed by atoms with Crippen LogP contribution < -0.4 is 20.5 Å². The number of anilines is 4. The number of rotatable bonds is 0. The van der Waals surface area contributed by atoms with E-state index in [-0.39, 0.29) is 0 Å². The minimum Gasteiger partial charge on any atom is -0.354 e. The number of aromatic amines is 2. The van der Waals surface area contributed by atoms with Gasteiger partial charge in [-0.25, -0.2) is 0 Å². The van der Waals surface area contributed by atoms with Crippen LogP contribution in [-0.2, 0) is 0 Å². The SMILES string of the molecule is N=c1ccc2cc3cc4c(cc3[nH]c-2c1)N1CN4c2cc3[nH]c4cc(=N)ccc-4cc3cc21. The van der Waals surface area contributed by atoms with Gasteiger partial charge in [-0.05, 0) is 71.8 Å². The van der Waals surface area contributed by atoms with Gasteiger partial charge < -0.3 is 30.6 Å². The predicted molar refractivity (Wildman–Crippen MR) is 131 cm³/mol. The summed E-state index contributed by atoms with van der Waals surface area (Å²) in [6.45, 7) is 0.810. The number of fused-ring (bicyclic) bond motifs is 12. The Morgan fingerprint density at radius 2 is 1.00 bits per heavy atom. The van der Waals surface area contributed by atoms with Gasteiger partial charge in [0.25, 0.3) is 0 Å². The number of benzene rings is 4. The van der Waals surface area contributed by atoms with Crippen molar-refractivity contribution >= 4 is 44.6 Å². The van der Waals surface area contributed by atoms with Crippen LogP contribution in [0.2, 0.25) is 0 Å². The standard InChI is InChI=1S/C27H18N6/c28-18-3-1-14-5-16-7-24-26(11-22(16)30-20(14)9-18)33-13-32(24)27-12-23-17(8-25(27)33)6-15-2-4-19(29)10-21(15)31-23/h1-12,28-31H,13H2. The Balaban J connectivity index is 1.35. The zero-order chi connectivity index (χ0) is 21.8. The van der Waals surface area contributed by atoms with Crippen molar-refractivity contribution < 1.29 is 0 Å². The summed E-state index contributed by atoms with van der Waals surface area (Å²) in [4.78, 5) is 11.8. The quantitative estimate of drug-likeness (QED) is 0.246. The maximum absolute atomic E-state index is 7.94. The third kappa shape index (κ3) is 2.22. The molecule has 0 atom stereocenters. The first-order valence-corrected chi connectivity index (χ1v) is 11.0. The van der Waals surface area contributed by atoms with E-state index in [9.17, 15) is 0 Å².